The minimum absolute atomic E-state index is 0.181. The van der Waals surface area contributed by atoms with E-state index in [1.165, 1.54) is 4.57 Å². The van der Waals surface area contributed by atoms with E-state index >= 15 is 0 Å². The topological polar surface area (TPSA) is 107 Å². The summed E-state index contributed by atoms with van der Waals surface area (Å²) in [5, 5.41) is 14.3. The summed E-state index contributed by atoms with van der Waals surface area (Å²) in [5.41, 5.74) is 4.61. The number of hydrogen-bond acceptors (Lipinski definition) is 3. The molecule has 0 aliphatic carbocycles. The SMILES string of the molecule is Cc1ccc(-n2c(O)c([C@H]3[NH2+]CCc4c3[nH]c3ccccc43)c(=O)[nH]c2=O)cc1C. The van der Waals surface area contributed by atoms with E-state index in [0.29, 0.717) is 5.69 Å². The van der Waals surface area contributed by atoms with Crippen molar-refractivity contribution >= 4 is 10.9 Å². The fourth-order valence-electron chi connectivity index (χ4n) is 4.45. The van der Waals surface area contributed by atoms with Crippen LogP contribution in [0.4, 0.5) is 0 Å². The highest BCUT2D eigenvalue weighted by Crippen LogP contribution is 2.32. The Kier molecular flexibility index (Phi) is 4.15. The molecule has 0 radical (unpaired) electrons. The van der Waals surface area contributed by atoms with Crippen LogP contribution in [0.15, 0.2) is 52.1 Å². The van der Waals surface area contributed by atoms with Crippen molar-refractivity contribution in [3.63, 3.8) is 0 Å². The monoisotopic (exact) mass is 403 g/mol. The molecule has 5 rings (SSSR count). The molecule has 30 heavy (non-hydrogen) atoms. The Morgan fingerprint density at radius 1 is 1.07 bits per heavy atom. The first-order valence-corrected chi connectivity index (χ1v) is 10.0. The summed E-state index contributed by atoms with van der Waals surface area (Å²) >= 11 is 0. The van der Waals surface area contributed by atoms with Gasteiger partial charge in [0.1, 0.15) is 5.56 Å². The Bertz CT molecular complexity index is 1410. The third kappa shape index (κ3) is 2.70. The van der Waals surface area contributed by atoms with Crippen LogP contribution in [0, 0.1) is 13.8 Å². The van der Waals surface area contributed by atoms with Gasteiger partial charge in [-0.1, -0.05) is 24.3 Å². The molecule has 3 heterocycles. The van der Waals surface area contributed by atoms with Gasteiger partial charge >= 0.3 is 5.69 Å². The first kappa shape index (κ1) is 18.4. The maximum Gasteiger partial charge on any atom is 0.335 e. The van der Waals surface area contributed by atoms with Gasteiger partial charge in [0.05, 0.1) is 17.9 Å². The molecule has 1 aliphatic heterocycles. The summed E-state index contributed by atoms with van der Waals surface area (Å²) in [6, 6.07) is 13.1. The minimum atomic E-state index is -0.655. The highest BCUT2D eigenvalue weighted by atomic mass is 16.3. The highest BCUT2D eigenvalue weighted by molar-refractivity contribution is 5.85. The van der Waals surface area contributed by atoms with Gasteiger partial charge in [0.15, 0.2) is 6.04 Å². The molecule has 4 aromatic rings. The van der Waals surface area contributed by atoms with E-state index in [2.05, 4.69) is 16.0 Å². The number of hydrogen-bond donors (Lipinski definition) is 4. The van der Waals surface area contributed by atoms with E-state index in [1.54, 1.807) is 6.07 Å². The molecule has 1 atom stereocenters. The maximum absolute atomic E-state index is 12.8. The summed E-state index contributed by atoms with van der Waals surface area (Å²) in [6.07, 6.45) is 0.866. The van der Waals surface area contributed by atoms with Crippen molar-refractivity contribution in [1.29, 1.82) is 0 Å². The lowest BCUT2D eigenvalue weighted by Crippen LogP contribution is -2.87. The van der Waals surface area contributed by atoms with Crippen LogP contribution in [0.2, 0.25) is 0 Å². The Morgan fingerprint density at radius 3 is 2.67 bits per heavy atom. The van der Waals surface area contributed by atoms with Gasteiger partial charge < -0.3 is 15.4 Å². The van der Waals surface area contributed by atoms with Crippen molar-refractivity contribution in [1.82, 2.24) is 14.5 Å². The third-order valence-corrected chi connectivity index (χ3v) is 6.13. The number of aryl methyl sites for hydroxylation is 2. The number of nitrogens with two attached hydrogens (primary N) is 1. The molecule has 0 saturated heterocycles. The molecule has 0 spiro atoms. The van der Waals surface area contributed by atoms with Crippen molar-refractivity contribution in [3.05, 3.63) is 91.3 Å². The smallest absolute Gasteiger partial charge is 0.335 e. The molecule has 152 valence electrons. The average Bonchev–Trinajstić information content (AvgIpc) is 3.10. The summed E-state index contributed by atoms with van der Waals surface area (Å²) in [7, 11) is 0. The van der Waals surface area contributed by atoms with Crippen LogP contribution < -0.4 is 16.6 Å². The Hall–Kier alpha value is -3.58. The van der Waals surface area contributed by atoms with E-state index in [4.69, 9.17) is 0 Å². The van der Waals surface area contributed by atoms with E-state index < -0.39 is 17.3 Å². The Balaban J connectivity index is 1.74. The van der Waals surface area contributed by atoms with Crippen LogP contribution in [0.3, 0.4) is 0 Å². The molecule has 0 unspecified atom stereocenters. The maximum atomic E-state index is 12.8. The van der Waals surface area contributed by atoms with Crippen LogP contribution in [0.25, 0.3) is 16.6 Å². The Labute approximate surface area is 172 Å². The molecule has 0 saturated carbocycles. The fourth-order valence-corrected chi connectivity index (χ4v) is 4.45. The molecule has 7 heteroatoms. The number of para-hydroxylation sites is 1. The van der Waals surface area contributed by atoms with Crippen molar-refractivity contribution < 1.29 is 10.4 Å². The number of nitrogens with zero attached hydrogens (tertiary/aromatic N) is 1. The van der Waals surface area contributed by atoms with Crippen molar-refractivity contribution in [3.8, 4) is 11.6 Å². The molecule has 0 bridgehead atoms. The van der Waals surface area contributed by atoms with E-state index in [-0.39, 0.29) is 11.4 Å². The summed E-state index contributed by atoms with van der Waals surface area (Å²) in [4.78, 5) is 31.3. The quantitative estimate of drug-likeness (QED) is 0.408. The zero-order valence-corrected chi connectivity index (χ0v) is 16.8. The number of nitrogens with one attached hydrogen (secondary N) is 2. The highest BCUT2D eigenvalue weighted by Gasteiger charge is 2.34. The summed E-state index contributed by atoms with van der Waals surface area (Å²) in [5.74, 6) is -0.320. The van der Waals surface area contributed by atoms with Gasteiger partial charge in [0.25, 0.3) is 5.56 Å². The molecule has 0 fully saturated rings. The van der Waals surface area contributed by atoms with Gasteiger partial charge in [0, 0.05) is 17.3 Å². The number of aromatic hydroxyl groups is 1. The second-order valence-corrected chi connectivity index (χ2v) is 7.92. The summed E-state index contributed by atoms with van der Waals surface area (Å²) in [6.45, 7) is 4.70. The molecule has 1 aliphatic rings. The number of H-pyrrole nitrogens is 2. The number of rotatable bonds is 2. The van der Waals surface area contributed by atoms with Gasteiger partial charge in [-0.3, -0.25) is 9.78 Å². The third-order valence-electron chi connectivity index (χ3n) is 6.13. The molecule has 2 aromatic heterocycles. The van der Waals surface area contributed by atoms with Crippen LogP contribution in [0.1, 0.15) is 34.0 Å². The van der Waals surface area contributed by atoms with Gasteiger partial charge in [-0.25, -0.2) is 9.36 Å². The molecule has 7 nitrogen and oxygen atoms in total. The van der Waals surface area contributed by atoms with E-state index in [0.717, 1.165) is 46.3 Å². The van der Waals surface area contributed by atoms with Gasteiger partial charge in [0.2, 0.25) is 5.88 Å². The van der Waals surface area contributed by atoms with Crippen molar-refractivity contribution in [2.75, 3.05) is 6.54 Å². The second-order valence-electron chi connectivity index (χ2n) is 7.92. The zero-order valence-electron chi connectivity index (χ0n) is 16.8. The molecular formula is C23H23N4O3+. The standard InChI is InChI=1S/C23H22N4O3/c1-12-7-8-14(11-13(12)2)27-22(29)18(21(28)26-23(27)30)20-19-16(9-10-24-20)15-5-3-4-6-17(15)25-19/h3-8,11,20,24-25,29H,9-10H2,1-2H3,(H,26,28,30)/p+1/t20-/m1/s1. The largest absolute Gasteiger partial charge is 0.494 e. The first-order valence-electron chi connectivity index (χ1n) is 10.0. The van der Waals surface area contributed by atoms with Gasteiger partial charge in [-0.05, 0) is 48.7 Å². The molecule has 0 amide bonds. The van der Waals surface area contributed by atoms with Gasteiger partial charge in [-0.15, -0.1) is 0 Å². The number of benzene rings is 2. The van der Waals surface area contributed by atoms with Crippen molar-refractivity contribution in [2.24, 2.45) is 0 Å². The molecular weight excluding hydrogens is 380 g/mol. The Morgan fingerprint density at radius 2 is 1.87 bits per heavy atom. The number of fused-ring (bicyclic) bond motifs is 3. The van der Waals surface area contributed by atoms with Gasteiger partial charge in [-0.2, -0.15) is 0 Å². The fraction of sp³-hybridized carbons (Fsp3) is 0.217. The second kappa shape index (κ2) is 6.74. The number of aromatic amines is 2. The predicted molar refractivity (Wildman–Crippen MR) is 114 cm³/mol. The lowest BCUT2D eigenvalue weighted by molar-refractivity contribution is -0.690. The lowest BCUT2D eigenvalue weighted by atomic mass is 9.95. The minimum Gasteiger partial charge on any atom is -0.494 e. The predicted octanol–water partition coefficient (Wildman–Crippen LogP) is 1.54. The lowest BCUT2D eigenvalue weighted by Gasteiger charge is -2.22. The molecule has 5 N–H and O–H groups in total. The normalized spacial score (nSPS) is 16.0. The molecule has 2 aromatic carbocycles. The first-order chi connectivity index (χ1) is 14.5. The van der Waals surface area contributed by atoms with Crippen LogP contribution in [-0.2, 0) is 6.42 Å². The van der Waals surface area contributed by atoms with E-state index in [9.17, 15) is 14.7 Å². The number of quaternary nitrogens is 1. The van der Waals surface area contributed by atoms with Crippen LogP contribution >= 0.6 is 0 Å². The number of aromatic nitrogens is 3. The van der Waals surface area contributed by atoms with E-state index in [1.807, 2.05) is 49.5 Å². The van der Waals surface area contributed by atoms with Crippen LogP contribution in [0.5, 0.6) is 5.88 Å². The zero-order chi connectivity index (χ0) is 21.0. The summed E-state index contributed by atoms with van der Waals surface area (Å²) < 4.78 is 1.17. The van der Waals surface area contributed by atoms with Crippen molar-refractivity contribution in [2.45, 2.75) is 26.3 Å². The van der Waals surface area contributed by atoms with Crippen LogP contribution in [-0.4, -0.2) is 26.2 Å². The average molecular weight is 403 g/mol.